The average Bonchev–Trinajstić information content (AvgIpc) is 2.84. The minimum absolute atomic E-state index is 0.307. The molecule has 3 heteroatoms. The molecule has 21 heavy (non-hydrogen) atoms. The van der Waals surface area contributed by atoms with Crippen LogP contribution in [0.1, 0.15) is 35.6 Å². The van der Waals surface area contributed by atoms with Crippen LogP contribution in [0.25, 0.3) is 11.0 Å². The first-order chi connectivity index (χ1) is 10.3. The monoisotopic (exact) mass is 277 g/mol. The number of benzene rings is 2. The molecule has 0 saturated carbocycles. The highest BCUT2D eigenvalue weighted by Crippen LogP contribution is 2.37. The summed E-state index contributed by atoms with van der Waals surface area (Å²) in [6.45, 7) is 2.13. The van der Waals surface area contributed by atoms with E-state index in [0.717, 1.165) is 18.4 Å². The van der Waals surface area contributed by atoms with Gasteiger partial charge in [-0.05, 0) is 48.9 Å². The Morgan fingerprint density at radius 3 is 2.90 bits per heavy atom. The second kappa shape index (κ2) is 4.62. The maximum absolute atomic E-state index is 6.26. The summed E-state index contributed by atoms with van der Waals surface area (Å²) >= 11 is 0. The molecule has 0 radical (unpaired) electrons. The lowest BCUT2D eigenvalue weighted by Gasteiger charge is -2.28. The largest absolute Gasteiger partial charge is 0.369 e. The van der Waals surface area contributed by atoms with Gasteiger partial charge in [-0.15, -0.1) is 0 Å². The van der Waals surface area contributed by atoms with E-state index < -0.39 is 0 Å². The molecule has 2 aromatic carbocycles. The van der Waals surface area contributed by atoms with Crippen LogP contribution in [0.3, 0.4) is 0 Å². The van der Waals surface area contributed by atoms with Crippen molar-refractivity contribution in [2.75, 3.05) is 5.73 Å². The number of nitrogens with two attached hydrogens (primary N) is 1. The summed E-state index contributed by atoms with van der Waals surface area (Å²) < 4.78 is 2.24. The third-order valence-corrected chi connectivity index (χ3v) is 4.59. The predicted octanol–water partition coefficient (Wildman–Crippen LogP) is 3.85. The predicted molar refractivity (Wildman–Crippen MR) is 86.4 cm³/mol. The quantitative estimate of drug-likeness (QED) is 0.734. The van der Waals surface area contributed by atoms with E-state index in [2.05, 4.69) is 46.8 Å². The van der Waals surface area contributed by atoms with E-state index >= 15 is 0 Å². The normalized spacial score (nSPS) is 17.9. The molecule has 1 aromatic heterocycles. The SMILES string of the molecule is Cc1cccc2nc(N)n(C3CCCc4ccccc43)c12. The van der Waals surface area contributed by atoms with E-state index in [4.69, 9.17) is 5.73 Å². The van der Waals surface area contributed by atoms with Crippen LogP contribution < -0.4 is 5.73 Å². The van der Waals surface area contributed by atoms with Crippen molar-refractivity contribution >= 4 is 17.0 Å². The summed E-state index contributed by atoms with van der Waals surface area (Å²) in [5.74, 6) is 0.626. The number of fused-ring (bicyclic) bond motifs is 2. The van der Waals surface area contributed by atoms with Crippen LogP contribution in [0.4, 0.5) is 5.95 Å². The second-order valence-corrected chi connectivity index (χ2v) is 5.89. The van der Waals surface area contributed by atoms with Crippen molar-refractivity contribution in [2.45, 2.75) is 32.2 Å². The van der Waals surface area contributed by atoms with E-state index in [9.17, 15) is 0 Å². The molecule has 1 unspecified atom stereocenters. The van der Waals surface area contributed by atoms with Crippen molar-refractivity contribution in [1.29, 1.82) is 0 Å². The number of imidazole rings is 1. The maximum atomic E-state index is 6.26. The van der Waals surface area contributed by atoms with Crippen molar-refractivity contribution < 1.29 is 0 Å². The first kappa shape index (κ1) is 12.5. The number of para-hydroxylation sites is 1. The number of rotatable bonds is 1. The lowest BCUT2D eigenvalue weighted by atomic mass is 9.87. The molecule has 3 nitrogen and oxygen atoms in total. The van der Waals surface area contributed by atoms with Crippen molar-refractivity contribution in [3.05, 3.63) is 59.2 Å². The molecule has 0 aliphatic heterocycles. The Kier molecular flexibility index (Phi) is 2.74. The van der Waals surface area contributed by atoms with Gasteiger partial charge < -0.3 is 10.3 Å². The van der Waals surface area contributed by atoms with E-state index in [1.807, 2.05) is 12.1 Å². The smallest absolute Gasteiger partial charge is 0.201 e. The third kappa shape index (κ3) is 1.84. The number of hydrogen-bond acceptors (Lipinski definition) is 2. The van der Waals surface area contributed by atoms with Gasteiger partial charge in [-0.3, -0.25) is 0 Å². The topological polar surface area (TPSA) is 43.8 Å². The lowest BCUT2D eigenvalue weighted by Crippen LogP contribution is -2.19. The molecule has 1 atom stereocenters. The summed E-state index contributed by atoms with van der Waals surface area (Å²) in [4.78, 5) is 4.56. The van der Waals surface area contributed by atoms with Crippen LogP contribution in [-0.4, -0.2) is 9.55 Å². The van der Waals surface area contributed by atoms with Crippen molar-refractivity contribution in [3.8, 4) is 0 Å². The minimum atomic E-state index is 0.307. The molecule has 0 amide bonds. The fraction of sp³-hybridized carbons (Fsp3) is 0.278. The molecule has 1 aliphatic rings. The van der Waals surface area contributed by atoms with Gasteiger partial charge in [-0.2, -0.15) is 0 Å². The number of aryl methyl sites for hydroxylation is 2. The second-order valence-electron chi connectivity index (χ2n) is 5.89. The van der Waals surface area contributed by atoms with Gasteiger partial charge >= 0.3 is 0 Å². The maximum Gasteiger partial charge on any atom is 0.201 e. The van der Waals surface area contributed by atoms with Gasteiger partial charge in [0.25, 0.3) is 0 Å². The molecular formula is C18H19N3. The Morgan fingerprint density at radius 2 is 2.00 bits per heavy atom. The Bertz CT molecular complexity index is 816. The van der Waals surface area contributed by atoms with Crippen LogP contribution in [0, 0.1) is 6.92 Å². The third-order valence-electron chi connectivity index (χ3n) is 4.59. The molecule has 0 spiro atoms. The van der Waals surface area contributed by atoms with Crippen LogP contribution in [-0.2, 0) is 6.42 Å². The number of aromatic nitrogens is 2. The molecular weight excluding hydrogens is 258 g/mol. The molecule has 2 N–H and O–H groups in total. The van der Waals surface area contributed by atoms with E-state index in [-0.39, 0.29) is 0 Å². The molecule has 0 fully saturated rings. The number of nitrogens with zero attached hydrogens (tertiary/aromatic N) is 2. The lowest BCUT2D eigenvalue weighted by molar-refractivity contribution is 0.504. The zero-order valence-corrected chi connectivity index (χ0v) is 12.2. The van der Waals surface area contributed by atoms with Gasteiger partial charge in [-0.1, -0.05) is 36.4 Å². The van der Waals surface area contributed by atoms with Gasteiger partial charge in [0.05, 0.1) is 17.1 Å². The molecule has 4 rings (SSSR count). The van der Waals surface area contributed by atoms with Gasteiger partial charge in [0.1, 0.15) is 0 Å². The van der Waals surface area contributed by atoms with E-state index in [1.54, 1.807) is 0 Å². The van der Waals surface area contributed by atoms with Crippen LogP contribution in [0.2, 0.25) is 0 Å². The Morgan fingerprint density at radius 1 is 1.14 bits per heavy atom. The van der Waals surface area contributed by atoms with Gasteiger partial charge in [0.2, 0.25) is 5.95 Å². The summed E-state index contributed by atoms with van der Waals surface area (Å²) in [5.41, 5.74) is 12.5. The van der Waals surface area contributed by atoms with E-state index in [1.165, 1.54) is 28.6 Å². The van der Waals surface area contributed by atoms with Crippen LogP contribution in [0.15, 0.2) is 42.5 Å². The highest BCUT2D eigenvalue weighted by molar-refractivity contribution is 5.82. The van der Waals surface area contributed by atoms with E-state index in [0.29, 0.717) is 12.0 Å². The fourth-order valence-electron chi connectivity index (χ4n) is 3.65. The van der Waals surface area contributed by atoms with Gasteiger partial charge in [0, 0.05) is 0 Å². The molecule has 1 heterocycles. The average molecular weight is 277 g/mol. The Hall–Kier alpha value is -2.29. The minimum Gasteiger partial charge on any atom is -0.369 e. The summed E-state index contributed by atoms with van der Waals surface area (Å²) in [7, 11) is 0. The van der Waals surface area contributed by atoms with Crippen LogP contribution in [0.5, 0.6) is 0 Å². The summed E-state index contributed by atoms with van der Waals surface area (Å²) in [6, 6.07) is 15.3. The fourth-order valence-corrected chi connectivity index (χ4v) is 3.65. The van der Waals surface area contributed by atoms with Gasteiger partial charge in [-0.25, -0.2) is 4.98 Å². The molecule has 106 valence electrons. The zero-order valence-electron chi connectivity index (χ0n) is 12.2. The molecule has 0 saturated heterocycles. The molecule has 0 bridgehead atoms. The molecule has 3 aromatic rings. The highest BCUT2D eigenvalue weighted by atomic mass is 15.2. The standard InChI is InChI=1S/C18H19N3/c1-12-6-4-10-15-17(12)21(18(19)20-15)16-11-5-8-13-7-2-3-9-14(13)16/h2-4,6-7,9-10,16H,5,8,11H2,1H3,(H2,19,20). The molecule has 1 aliphatic carbocycles. The summed E-state index contributed by atoms with van der Waals surface area (Å²) in [6.07, 6.45) is 3.49. The zero-order chi connectivity index (χ0) is 14.4. The highest BCUT2D eigenvalue weighted by Gasteiger charge is 2.25. The number of hydrogen-bond donors (Lipinski definition) is 1. The van der Waals surface area contributed by atoms with Crippen molar-refractivity contribution in [3.63, 3.8) is 0 Å². The van der Waals surface area contributed by atoms with Gasteiger partial charge in [0.15, 0.2) is 0 Å². The number of anilines is 1. The Balaban J connectivity index is 1.98. The van der Waals surface area contributed by atoms with Crippen molar-refractivity contribution in [2.24, 2.45) is 0 Å². The number of nitrogen functional groups attached to an aromatic ring is 1. The van der Waals surface area contributed by atoms with Crippen LogP contribution >= 0.6 is 0 Å². The van der Waals surface area contributed by atoms with Crippen molar-refractivity contribution in [1.82, 2.24) is 9.55 Å². The summed E-state index contributed by atoms with van der Waals surface area (Å²) in [5, 5.41) is 0. The first-order valence-electron chi connectivity index (χ1n) is 7.56. The first-order valence-corrected chi connectivity index (χ1v) is 7.56. The Labute approximate surface area is 124 Å².